The highest BCUT2D eigenvalue weighted by Gasteiger charge is 2.23. The second-order valence-electron chi connectivity index (χ2n) is 7.22. The molecule has 0 saturated heterocycles. The number of sulfonamides is 1. The van der Waals surface area contributed by atoms with Crippen molar-refractivity contribution in [2.75, 3.05) is 11.8 Å². The fraction of sp³-hybridized carbons (Fsp3) is 0.0870. The van der Waals surface area contributed by atoms with E-state index in [4.69, 9.17) is 37.8 Å². The van der Waals surface area contributed by atoms with E-state index in [-0.39, 0.29) is 33.5 Å². The van der Waals surface area contributed by atoms with Crippen LogP contribution >= 0.6 is 23.2 Å². The van der Waals surface area contributed by atoms with Crippen LogP contribution in [0.5, 0.6) is 17.2 Å². The van der Waals surface area contributed by atoms with Crippen LogP contribution in [-0.4, -0.2) is 31.6 Å². The molecule has 1 aromatic heterocycles. The first-order valence-electron chi connectivity index (χ1n) is 9.82. The topological polar surface area (TPSA) is 118 Å². The van der Waals surface area contributed by atoms with Gasteiger partial charge in [0.2, 0.25) is 0 Å². The number of benzene rings is 3. The third-order valence-electron chi connectivity index (χ3n) is 4.92. The Morgan fingerprint density at radius 1 is 1.03 bits per heavy atom. The van der Waals surface area contributed by atoms with Gasteiger partial charge < -0.3 is 19.6 Å². The molecule has 0 amide bonds. The molecular formula is C23H18Cl2N2O6S. The van der Waals surface area contributed by atoms with E-state index in [2.05, 4.69) is 9.71 Å². The Kier molecular flexibility index (Phi) is 6.60. The standard InChI is InChI=1S/C23H18Cl2N2O6S/c1-32-20-10-13(11-22(28)29)2-5-18(20)33-19-6-4-17-15(8-9-26-17)23(19)27-34(30,31)21-7-3-14(24)12-16(21)25/h2-10,12,26-27H,11H2,1H3,(H,28,29). The summed E-state index contributed by atoms with van der Waals surface area (Å²) in [6.07, 6.45) is 1.49. The highest BCUT2D eigenvalue weighted by atomic mass is 35.5. The number of rotatable bonds is 8. The SMILES string of the molecule is COc1cc(CC(=O)O)ccc1Oc1ccc2[nH]ccc2c1NS(=O)(=O)c1ccc(Cl)cc1Cl. The smallest absolute Gasteiger partial charge is 0.307 e. The molecule has 0 aliphatic rings. The Bertz CT molecular complexity index is 1500. The number of aromatic nitrogens is 1. The van der Waals surface area contributed by atoms with Gasteiger partial charge in [0.05, 0.1) is 18.6 Å². The van der Waals surface area contributed by atoms with Crippen molar-refractivity contribution < 1.29 is 27.8 Å². The summed E-state index contributed by atoms with van der Waals surface area (Å²) in [5, 5.41) is 9.87. The highest BCUT2D eigenvalue weighted by molar-refractivity contribution is 7.92. The number of carboxylic acid groups (broad SMARTS) is 1. The van der Waals surface area contributed by atoms with Gasteiger partial charge in [-0.2, -0.15) is 0 Å². The molecule has 0 atom stereocenters. The van der Waals surface area contributed by atoms with E-state index in [0.717, 1.165) is 0 Å². The first kappa shape index (κ1) is 23.7. The first-order chi connectivity index (χ1) is 16.2. The number of ether oxygens (including phenoxy) is 2. The Hall–Kier alpha value is -3.40. The Morgan fingerprint density at radius 3 is 2.50 bits per heavy atom. The average molecular weight is 521 g/mol. The summed E-state index contributed by atoms with van der Waals surface area (Å²) in [4.78, 5) is 13.9. The van der Waals surface area contributed by atoms with Crippen molar-refractivity contribution in [2.45, 2.75) is 11.3 Å². The lowest BCUT2D eigenvalue weighted by molar-refractivity contribution is -0.136. The monoisotopic (exact) mass is 520 g/mol. The zero-order valence-corrected chi connectivity index (χ0v) is 20.0. The van der Waals surface area contributed by atoms with Crippen molar-refractivity contribution in [1.82, 2.24) is 4.98 Å². The van der Waals surface area contributed by atoms with Crippen LogP contribution in [0.15, 0.2) is 65.7 Å². The maximum absolute atomic E-state index is 13.2. The Morgan fingerprint density at radius 2 is 1.79 bits per heavy atom. The van der Waals surface area contributed by atoms with Gasteiger partial charge in [-0.25, -0.2) is 8.42 Å². The Balaban J connectivity index is 1.76. The van der Waals surface area contributed by atoms with E-state index in [1.54, 1.807) is 42.6 Å². The molecule has 34 heavy (non-hydrogen) atoms. The van der Waals surface area contributed by atoms with Crippen LogP contribution in [0.25, 0.3) is 10.9 Å². The quantitative estimate of drug-likeness (QED) is 0.274. The third kappa shape index (κ3) is 4.91. The van der Waals surface area contributed by atoms with Crippen LogP contribution in [0.4, 0.5) is 5.69 Å². The number of hydrogen-bond acceptors (Lipinski definition) is 5. The van der Waals surface area contributed by atoms with Crippen LogP contribution in [0.2, 0.25) is 10.0 Å². The van der Waals surface area contributed by atoms with Crippen molar-refractivity contribution in [3.05, 3.63) is 76.4 Å². The third-order valence-corrected chi connectivity index (χ3v) is 6.99. The molecule has 0 saturated carbocycles. The minimum Gasteiger partial charge on any atom is -0.493 e. The molecule has 0 spiro atoms. The maximum atomic E-state index is 13.2. The molecule has 11 heteroatoms. The summed E-state index contributed by atoms with van der Waals surface area (Å²) in [5.41, 5.74) is 1.38. The molecule has 4 aromatic rings. The van der Waals surface area contributed by atoms with Gasteiger partial charge in [0.15, 0.2) is 17.2 Å². The lowest BCUT2D eigenvalue weighted by atomic mass is 10.1. The van der Waals surface area contributed by atoms with Crippen molar-refractivity contribution in [3.8, 4) is 17.2 Å². The molecule has 0 aliphatic carbocycles. The number of aliphatic carboxylic acids is 1. The summed E-state index contributed by atoms with van der Waals surface area (Å²) < 4.78 is 40.3. The van der Waals surface area contributed by atoms with E-state index < -0.39 is 16.0 Å². The largest absolute Gasteiger partial charge is 0.493 e. The van der Waals surface area contributed by atoms with Crippen LogP contribution < -0.4 is 14.2 Å². The average Bonchev–Trinajstić information content (AvgIpc) is 3.24. The number of carboxylic acids is 1. The predicted octanol–water partition coefficient (Wildman–Crippen LogP) is 5.70. The zero-order chi connectivity index (χ0) is 24.5. The van der Waals surface area contributed by atoms with Crippen LogP contribution in [-0.2, 0) is 21.2 Å². The first-order valence-corrected chi connectivity index (χ1v) is 12.1. The molecular weight excluding hydrogens is 503 g/mol. The second-order valence-corrected chi connectivity index (χ2v) is 9.71. The molecule has 3 N–H and O–H groups in total. The van der Waals surface area contributed by atoms with Crippen molar-refractivity contribution in [2.24, 2.45) is 0 Å². The zero-order valence-electron chi connectivity index (χ0n) is 17.6. The lowest BCUT2D eigenvalue weighted by Gasteiger charge is -2.17. The van der Waals surface area contributed by atoms with Gasteiger partial charge >= 0.3 is 5.97 Å². The molecule has 1 heterocycles. The summed E-state index contributed by atoms with van der Waals surface area (Å²) in [6.45, 7) is 0. The molecule has 4 rings (SSSR count). The minimum absolute atomic E-state index is 0.0283. The van der Waals surface area contributed by atoms with Gasteiger partial charge in [-0.05, 0) is 54.1 Å². The molecule has 0 aliphatic heterocycles. The number of hydrogen-bond donors (Lipinski definition) is 3. The molecule has 8 nitrogen and oxygen atoms in total. The number of carbonyl (C=O) groups is 1. The van der Waals surface area contributed by atoms with Gasteiger partial charge in [0.25, 0.3) is 10.0 Å². The van der Waals surface area contributed by atoms with Crippen molar-refractivity contribution in [3.63, 3.8) is 0 Å². The molecule has 176 valence electrons. The van der Waals surface area contributed by atoms with Gasteiger partial charge in [0.1, 0.15) is 10.6 Å². The van der Waals surface area contributed by atoms with E-state index in [1.165, 1.54) is 25.3 Å². The van der Waals surface area contributed by atoms with Crippen LogP contribution in [0, 0.1) is 0 Å². The fourth-order valence-corrected chi connectivity index (χ4v) is 5.25. The number of halogens is 2. The normalized spacial score (nSPS) is 11.4. The molecule has 0 fully saturated rings. The van der Waals surface area contributed by atoms with E-state index in [9.17, 15) is 13.2 Å². The maximum Gasteiger partial charge on any atom is 0.307 e. The van der Waals surface area contributed by atoms with Crippen molar-refractivity contribution in [1.29, 1.82) is 0 Å². The number of anilines is 1. The summed E-state index contributed by atoms with van der Waals surface area (Å²) >= 11 is 12.0. The van der Waals surface area contributed by atoms with E-state index >= 15 is 0 Å². The van der Waals surface area contributed by atoms with Crippen molar-refractivity contribution >= 4 is 55.8 Å². The summed E-state index contributed by atoms with van der Waals surface area (Å²) in [7, 11) is -2.69. The van der Waals surface area contributed by atoms with E-state index in [0.29, 0.717) is 27.2 Å². The van der Waals surface area contributed by atoms with Gasteiger partial charge in [-0.1, -0.05) is 29.3 Å². The molecule has 0 radical (unpaired) electrons. The number of aromatic amines is 1. The van der Waals surface area contributed by atoms with Crippen LogP contribution in [0.3, 0.4) is 0 Å². The van der Waals surface area contributed by atoms with Gasteiger partial charge in [-0.15, -0.1) is 0 Å². The Labute approximate surface area is 205 Å². The summed E-state index contributed by atoms with van der Waals surface area (Å²) in [6, 6.07) is 13.8. The lowest BCUT2D eigenvalue weighted by Crippen LogP contribution is -2.14. The number of fused-ring (bicyclic) bond motifs is 1. The van der Waals surface area contributed by atoms with Gasteiger partial charge in [-0.3, -0.25) is 9.52 Å². The number of methoxy groups -OCH3 is 1. The van der Waals surface area contributed by atoms with Gasteiger partial charge in [0, 0.05) is 22.1 Å². The minimum atomic E-state index is -4.11. The number of nitrogens with one attached hydrogen (secondary N) is 2. The highest BCUT2D eigenvalue weighted by Crippen LogP contribution is 2.40. The fourth-order valence-electron chi connectivity index (χ4n) is 3.39. The molecule has 3 aromatic carbocycles. The second kappa shape index (κ2) is 9.46. The summed E-state index contributed by atoms with van der Waals surface area (Å²) in [5.74, 6) is -0.213. The molecule has 0 unspecified atom stereocenters. The van der Waals surface area contributed by atoms with Crippen LogP contribution in [0.1, 0.15) is 5.56 Å². The molecule has 0 bridgehead atoms. The van der Waals surface area contributed by atoms with E-state index in [1.807, 2.05) is 0 Å². The number of H-pyrrole nitrogens is 1. The predicted molar refractivity (Wildman–Crippen MR) is 130 cm³/mol.